The summed E-state index contributed by atoms with van der Waals surface area (Å²) in [4.78, 5) is 20.4. The first-order chi connectivity index (χ1) is 13.0. The lowest BCUT2D eigenvalue weighted by Crippen LogP contribution is -2.10. The number of rotatable bonds is 7. The van der Waals surface area contributed by atoms with Crippen LogP contribution in [0.3, 0.4) is 0 Å². The van der Waals surface area contributed by atoms with Gasteiger partial charge in [0, 0.05) is 13.1 Å². The van der Waals surface area contributed by atoms with Crippen LogP contribution < -0.4 is 11.5 Å². The van der Waals surface area contributed by atoms with Gasteiger partial charge in [0.15, 0.2) is 0 Å². The number of hydrogen-bond acceptors (Lipinski definition) is 6. The van der Waals surface area contributed by atoms with Crippen LogP contribution in [-0.4, -0.2) is 35.2 Å². The van der Waals surface area contributed by atoms with Crippen LogP contribution in [0.4, 0.5) is 0 Å². The topological polar surface area (TPSA) is 136 Å². The number of benzene rings is 2. The van der Waals surface area contributed by atoms with E-state index in [1.165, 1.54) is 0 Å². The molecule has 0 amide bonds. The van der Waals surface area contributed by atoms with E-state index in [2.05, 4.69) is 0 Å². The van der Waals surface area contributed by atoms with Crippen molar-refractivity contribution in [1.82, 2.24) is 0 Å². The Morgan fingerprint density at radius 2 is 1.30 bits per heavy atom. The zero-order valence-electron chi connectivity index (χ0n) is 15.3. The molecule has 0 atom stereocenters. The van der Waals surface area contributed by atoms with Crippen molar-refractivity contribution in [1.29, 1.82) is 0 Å². The number of ether oxygens (including phenoxy) is 1. The second kappa shape index (κ2) is 16.7. The molecular weight excluding hydrogens is 348 g/mol. The highest BCUT2D eigenvalue weighted by atomic mass is 16.5. The lowest BCUT2D eigenvalue weighted by atomic mass is 10.2. The third kappa shape index (κ3) is 15.2. The van der Waals surface area contributed by atoms with Crippen molar-refractivity contribution in [2.24, 2.45) is 11.5 Å². The molecule has 0 bridgehead atoms. The van der Waals surface area contributed by atoms with Gasteiger partial charge in [-0.2, -0.15) is 0 Å². The van der Waals surface area contributed by atoms with Gasteiger partial charge in [-0.25, -0.2) is 0 Å². The first kappa shape index (κ1) is 24.3. The summed E-state index contributed by atoms with van der Waals surface area (Å²) in [5.41, 5.74) is 12.0. The van der Waals surface area contributed by atoms with E-state index in [1.54, 1.807) is 0 Å². The first-order valence-corrected chi connectivity index (χ1v) is 8.49. The van der Waals surface area contributed by atoms with E-state index in [4.69, 9.17) is 26.4 Å². The van der Waals surface area contributed by atoms with Crippen LogP contribution in [0.25, 0.3) is 0 Å². The largest absolute Gasteiger partial charge is 0.481 e. The van der Waals surface area contributed by atoms with Crippen LogP contribution in [0.2, 0.25) is 0 Å². The predicted molar refractivity (Wildman–Crippen MR) is 104 cm³/mol. The summed E-state index contributed by atoms with van der Waals surface area (Å²) in [5, 5.41) is 16.4. The number of aliphatic carboxylic acids is 1. The summed E-state index contributed by atoms with van der Waals surface area (Å²) in [6, 6.07) is 19.1. The molecule has 0 unspecified atom stereocenters. The van der Waals surface area contributed by atoms with Gasteiger partial charge in [0.25, 0.3) is 0 Å². The van der Waals surface area contributed by atoms with E-state index in [9.17, 15) is 9.59 Å². The number of aliphatic hydroxyl groups is 1. The number of carbonyl (C=O) groups excluding carboxylic acids is 1. The molecule has 7 nitrogen and oxygen atoms in total. The number of carboxylic acids is 1. The highest BCUT2D eigenvalue weighted by Gasteiger charge is 2.00. The van der Waals surface area contributed by atoms with Crippen LogP contribution >= 0.6 is 0 Å². The van der Waals surface area contributed by atoms with Crippen LogP contribution in [0, 0.1) is 0 Å². The number of aliphatic hydroxyl groups excluding tert-OH is 1. The first-order valence-electron chi connectivity index (χ1n) is 8.49. The molecule has 7 heteroatoms. The Morgan fingerprint density at radius 3 is 1.63 bits per heavy atom. The summed E-state index contributed by atoms with van der Waals surface area (Å²) in [6.45, 7) is 1.05. The van der Waals surface area contributed by atoms with Crippen molar-refractivity contribution >= 4 is 11.9 Å². The second-order valence-electron chi connectivity index (χ2n) is 5.26. The van der Waals surface area contributed by atoms with Gasteiger partial charge in [0.1, 0.15) is 6.61 Å². The molecule has 6 N–H and O–H groups in total. The van der Waals surface area contributed by atoms with E-state index in [0.717, 1.165) is 11.1 Å². The van der Waals surface area contributed by atoms with Crippen molar-refractivity contribution in [2.75, 3.05) is 13.1 Å². The standard InChI is InChI=1S/C10H13NO2.C7H8O.C3H7NO2/c11-7-6-10(12)13-8-9-4-2-1-3-5-9;8-6-7-4-2-1-3-5-7;4-2-1-3(5)6/h1-5H,6-8,11H2;1-5,8H,6H2;1-2,4H2,(H,5,6). The number of hydrogen-bond donors (Lipinski definition) is 4. The summed E-state index contributed by atoms with van der Waals surface area (Å²) in [7, 11) is 0. The molecule has 0 heterocycles. The number of esters is 1. The summed E-state index contributed by atoms with van der Waals surface area (Å²) >= 11 is 0. The van der Waals surface area contributed by atoms with Crippen molar-refractivity contribution in [2.45, 2.75) is 26.1 Å². The minimum Gasteiger partial charge on any atom is -0.481 e. The molecule has 2 aromatic carbocycles. The maximum Gasteiger partial charge on any atom is 0.307 e. The highest BCUT2D eigenvalue weighted by molar-refractivity contribution is 5.69. The van der Waals surface area contributed by atoms with Gasteiger partial charge in [-0.3, -0.25) is 9.59 Å². The fraction of sp³-hybridized carbons (Fsp3) is 0.300. The normalized spacial score (nSPS) is 9.15. The maximum atomic E-state index is 10.9. The third-order valence-electron chi connectivity index (χ3n) is 2.97. The van der Waals surface area contributed by atoms with Gasteiger partial charge < -0.3 is 26.4 Å². The maximum absolute atomic E-state index is 10.9. The zero-order chi connectivity index (χ0) is 20.3. The lowest BCUT2D eigenvalue weighted by Gasteiger charge is -2.02. The average Bonchev–Trinajstić information content (AvgIpc) is 2.69. The Labute approximate surface area is 159 Å². The molecule has 0 fully saturated rings. The van der Waals surface area contributed by atoms with Gasteiger partial charge >= 0.3 is 11.9 Å². The molecule has 0 aliphatic rings. The molecule has 0 aliphatic heterocycles. The van der Waals surface area contributed by atoms with E-state index >= 15 is 0 Å². The van der Waals surface area contributed by atoms with E-state index in [1.807, 2.05) is 60.7 Å². The van der Waals surface area contributed by atoms with Gasteiger partial charge in [-0.15, -0.1) is 0 Å². The molecule has 0 saturated heterocycles. The highest BCUT2D eigenvalue weighted by Crippen LogP contribution is 2.01. The lowest BCUT2D eigenvalue weighted by molar-refractivity contribution is -0.144. The molecule has 148 valence electrons. The minimum atomic E-state index is -0.836. The van der Waals surface area contributed by atoms with Crippen molar-refractivity contribution < 1.29 is 24.5 Å². The smallest absolute Gasteiger partial charge is 0.307 e. The van der Waals surface area contributed by atoms with Crippen LogP contribution in [0.5, 0.6) is 0 Å². The van der Waals surface area contributed by atoms with Crippen molar-refractivity contribution in [3.63, 3.8) is 0 Å². The van der Waals surface area contributed by atoms with Gasteiger partial charge in [0.2, 0.25) is 0 Å². The van der Waals surface area contributed by atoms with E-state index in [0.29, 0.717) is 13.2 Å². The fourth-order valence-corrected chi connectivity index (χ4v) is 1.63. The van der Waals surface area contributed by atoms with Crippen LogP contribution in [-0.2, 0) is 27.5 Å². The van der Waals surface area contributed by atoms with Gasteiger partial charge in [-0.05, 0) is 11.1 Å². The monoisotopic (exact) mass is 376 g/mol. The zero-order valence-corrected chi connectivity index (χ0v) is 15.3. The molecule has 0 aromatic heterocycles. The summed E-state index contributed by atoms with van der Waals surface area (Å²) < 4.78 is 4.95. The molecule has 2 rings (SSSR count). The predicted octanol–water partition coefficient (Wildman–Crippen LogP) is 1.68. The van der Waals surface area contributed by atoms with Crippen molar-refractivity contribution in [3.05, 3.63) is 71.8 Å². The SMILES string of the molecule is NCCC(=O)O.NCCC(=O)OCc1ccccc1.OCc1ccccc1. The summed E-state index contributed by atoms with van der Waals surface area (Å²) in [5.74, 6) is -1.08. The molecule has 2 aromatic rings. The van der Waals surface area contributed by atoms with Gasteiger partial charge in [-0.1, -0.05) is 60.7 Å². The van der Waals surface area contributed by atoms with Crippen LogP contribution in [0.15, 0.2) is 60.7 Å². The Morgan fingerprint density at radius 1 is 0.815 bits per heavy atom. The molecule has 0 saturated carbocycles. The van der Waals surface area contributed by atoms with Crippen LogP contribution in [0.1, 0.15) is 24.0 Å². The second-order valence-corrected chi connectivity index (χ2v) is 5.26. The Bertz CT molecular complexity index is 621. The molecule has 0 spiro atoms. The molecule has 0 radical (unpaired) electrons. The average molecular weight is 376 g/mol. The minimum absolute atomic E-state index is 0.0694. The Hall–Kier alpha value is -2.74. The molecule has 27 heavy (non-hydrogen) atoms. The fourth-order valence-electron chi connectivity index (χ4n) is 1.63. The third-order valence-corrected chi connectivity index (χ3v) is 2.97. The van der Waals surface area contributed by atoms with E-state index in [-0.39, 0.29) is 32.0 Å². The Kier molecular flexibility index (Phi) is 15.0. The molecule has 0 aliphatic carbocycles. The molecular formula is C20H28N2O5. The summed E-state index contributed by atoms with van der Waals surface area (Å²) in [6.07, 6.45) is 0.354. The Balaban J connectivity index is 0.000000413. The number of carbonyl (C=O) groups is 2. The van der Waals surface area contributed by atoms with E-state index < -0.39 is 5.97 Å². The quantitative estimate of drug-likeness (QED) is 0.540. The van der Waals surface area contributed by atoms with Crippen molar-refractivity contribution in [3.8, 4) is 0 Å². The number of carboxylic acid groups (broad SMARTS) is 1. The number of nitrogens with two attached hydrogens (primary N) is 2. The van der Waals surface area contributed by atoms with Gasteiger partial charge in [0.05, 0.1) is 19.4 Å².